The standard InChI is InChI=1S/C23H28N4O2/c1-26(2)20(28)7-16-11-27-18(4-3-5-19(27)25-16)21(29)24-13-22-8-14-6-17(14)23(12-22)10-15(23)9-22/h3-5,11,14-15,17H,6-10,12-13H2,1-2H3,(H,24,29). The van der Waals surface area contributed by atoms with E-state index in [1.165, 1.54) is 32.1 Å². The number of likely N-dealkylation sites (N-methyl/N-ethyl adjacent to an activating group) is 1. The molecular weight excluding hydrogens is 364 g/mol. The fraction of sp³-hybridized carbons (Fsp3) is 0.609. The average Bonchev–Trinajstić information content (AvgIpc) is 3.52. The molecule has 152 valence electrons. The van der Waals surface area contributed by atoms with Crippen LogP contribution >= 0.6 is 0 Å². The molecule has 0 aromatic carbocycles. The first kappa shape index (κ1) is 17.5. The van der Waals surface area contributed by atoms with Gasteiger partial charge in [-0.1, -0.05) is 6.07 Å². The number of amides is 2. The van der Waals surface area contributed by atoms with Gasteiger partial charge in [-0.2, -0.15) is 0 Å². The number of nitrogens with zero attached hydrogens (tertiary/aromatic N) is 3. The lowest BCUT2D eigenvalue weighted by atomic mass is 9.71. The van der Waals surface area contributed by atoms with Gasteiger partial charge in [0.25, 0.3) is 5.91 Å². The number of nitrogens with one attached hydrogen (secondary N) is 1. The Kier molecular flexibility index (Phi) is 3.38. The van der Waals surface area contributed by atoms with E-state index in [1.54, 1.807) is 19.0 Å². The summed E-state index contributed by atoms with van der Waals surface area (Å²) in [6.45, 7) is 0.796. The molecule has 4 saturated carbocycles. The molecule has 0 aliphatic heterocycles. The van der Waals surface area contributed by atoms with Crippen LogP contribution in [0.2, 0.25) is 0 Å². The highest BCUT2D eigenvalue weighted by Gasteiger charge is 2.76. The minimum atomic E-state index is -0.0413. The third-order valence-corrected chi connectivity index (χ3v) is 8.25. The van der Waals surface area contributed by atoms with Crippen molar-refractivity contribution in [1.29, 1.82) is 0 Å². The molecule has 2 heterocycles. The van der Waals surface area contributed by atoms with Crippen molar-refractivity contribution in [1.82, 2.24) is 19.6 Å². The largest absolute Gasteiger partial charge is 0.350 e. The summed E-state index contributed by atoms with van der Waals surface area (Å²) in [6.07, 6.45) is 8.90. The van der Waals surface area contributed by atoms with Crippen LogP contribution in [0.3, 0.4) is 0 Å². The number of carbonyl (C=O) groups is 2. The van der Waals surface area contributed by atoms with E-state index in [9.17, 15) is 9.59 Å². The SMILES string of the molecule is CN(C)C(=O)Cc1cn2c(C(=O)NCC34CC5CC5C5(CC5C3)C4)cccc2n1. The van der Waals surface area contributed by atoms with Crippen molar-refractivity contribution in [2.24, 2.45) is 28.6 Å². The van der Waals surface area contributed by atoms with Gasteiger partial charge in [0.2, 0.25) is 5.91 Å². The van der Waals surface area contributed by atoms with Crippen molar-refractivity contribution < 1.29 is 9.59 Å². The van der Waals surface area contributed by atoms with Crippen molar-refractivity contribution in [3.63, 3.8) is 0 Å². The molecular formula is C23H28N4O2. The Morgan fingerprint density at radius 1 is 1.28 bits per heavy atom. The smallest absolute Gasteiger partial charge is 0.268 e. The Morgan fingerprint density at radius 3 is 2.97 bits per heavy atom. The maximum Gasteiger partial charge on any atom is 0.268 e. The third kappa shape index (κ3) is 2.57. The minimum absolute atomic E-state index is 0.00270. The predicted octanol–water partition coefficient (Wildman–Crippen LogP) is 2.52. The van der Waals surface area contributed by atoms with Crippen molar-refractivity contribution in [2.75, 3.05) is 20.6 Å². The molecule has 2 bridgehead atoms. The number of aromatic nitrogens is 2. The van der Waals surface area contributed by atoms with Crippen LogP contribution in [0.4, 0.5) is 0 Å². The highest BCUT2D eigenvalue weighted by Crippen LogP contribution is 2.83. The molecule has 5 atom stereocenters. The summed E-state index contributed by atoms with van der Waals surface area (Å²) < 4.78 is 1.82. The molecule has 0 saturated heterocycles. The van der Waals surface area contributed by atoms with Gasteiger partial charge in [0.1, 0.15) is 11.3 Å². The van der Waals surface area contributed by atoms with Crippen LogP contribution in [0.1, 0.15) is 48.3 Å². The summed E-state index contributed by atoms with van der Waals surface area (Å²) in [5.74, 6) is 2.85. The van der Waals surface area contributed by atoms with Crippen LogP contribution in [0.15, 0.2) is 24.4 Å². The first-order valence-electron chi connectivity index (χ1n) is 10.8. The quantitative estimate of drug-likeness (QED) is 0.850. The van der Waals surface area contributed by atoms with E-state index in [-0.39, 0.29) is 18.2 Å². The lowest BCUT2D eigenvalue weighted by Crippen LogP contribution is -2.40. The van der Waals surface area contributed by atoms with Gasteiger partial charge < -0.3 is 10.2 Å². The number of hydrogen-bond acceptors (Lipinski definition) is 3. The number of pyridine rings is 1. The molecule has 1 spiro atoms. The Labute approximate surface area is 170 Å². The van der Waals surface area contributed by atoms with Gasteiger partial charge in [0, 0.05) is 26.8 Å². The van der Waals surface area contributed by atoms with Crippen molar-refractivity contribution in [3.05, 3.63) is 35.8 Å². The van der Waals surface area contributed by atoms with E-state index >= 15 is 0 Å². The first-order valence-corrected chi connectivity index (χ1v) is 10.8. The Balaban J connectivity index is 1.19. The monoisotopic (exact) mass is 392 g/mol. The molecule has 0 radical (unpaired) electrons. The van der Waals surface area contributed by atoms with Gasteiger partial charge in [-0.15, -0.1) is 0 Å². The Morgan fingerprint density at radius 2 is 2.14 bits per heavy atom. The molecule has 5 unspecified atom stereocenters. The number of carbonyl (C=O) groups excluding carboxylic acids is 2. The van der Waals surface area contributed by atoms with E-state index in [2.05, 4.69) is 10.3 Å². The second-order valence-electron chi connectivity index (χ2n) is 10.3. The predicted molar refractivity (Wildman–Crippen MR) is 108 cm³/mol. The van der Waals surface area contributed by atoms with Crippen molar-refractivity contribution in [3.8, 4) is 0 Å². The topological polar surface area (TPSA) is 66.7 Å². The molecule has 2 aromatic rings. The molecule has 6 nitrogen and oxygen atoms in total. The first-order chi connectivity index (χ1) is 13.9. The Bertz CT molecular complexity index is 1040. The lowest BCUT2D eigenvalue weighted by Gasteiger charge is -2.36. The lowest BCUT2D eigenvalue weighted by molar-refractivity contribution is -0.128. The summed E-state index contributed by atoms with van der Waals surface area (Å²) in [6, 6.07) is 5.58. The summed E-state index contributed by atoms with van der Waals surface area (Å²) in [5, 5.41) is 3.26. The highest BCUT2D eigenvalue weighted by molar-refractivity contribution is 5.93. The normalized spacial score (nSPS) is 35.7. The average molecular weight is 393 g/mol. The minimum Gasteiger partial charge on any atom is -0.350 e. The van der Waals surface area contributed by atoms with Gasteiger partial charge in [-0.3, -0.25) is 14.0 Å². The molecule has 4 aliphatic carbocycles. The Hall–Kier alpha value is -2.37. The molecule has 6 heteroatoms. The van der Waals surface area contributed by atoms with E-state index < -0.39 is 0 Å². The summed E-state index contributed by atoms with van der Waals surface area (Å²) in [4.78, 5) is 31.2. The maximum absolute atomic E-state index is 13.1. The van der Waals surface area contributed by atoms with Gasteiger partial charge in [-0.05, 0) is 72.8 Å². The number of fused-ring (bicyclic) bond motifs is 3. The van der Waals surface area contributed by atoms with Crippen LogP contribution in [0, 0.1) is 28.6 Å². The van der Waals surface area contributed by atoms with E-state index in [1.807, 2.05) is 28.8 Å². The maximum atomic E-state index is 13.1. The number of hydrogen-bond donors (Lipinski definition) is 1. The van der Waals surface area contributed by atoms with Crippen molar-refractivity contribution in [2.45, 2.75) is 38.5 Å². The van der Waals surface area contributed by atoms with E-state index in [0.29, 0.717) is 27.9 Å². The molecule has 4 fully saturated rings. The number of imidazole rings is 1. The molecule has 29 heavy (non-hydrogen) atoms. The third-order valence-electron chi connectivity index (χ3n) is 8.25. The summed E-state index contributed by atoms with van der Waals surface area (Å²) >= 11 is 0. The van der Waals surface area contributed by atoms with E-state index in [4.69, 9.17) is 0 Å². The van der Waals surface area contributed by atoms with Gasteiger partial charge in [0.15, 0.2) is 0 Å². The molecule has 6 rings (SSSR count). The van der Waals surface area contributed by atoms with Crippen LogP contribution in [-0.4, -0.2) is 46.7 Å². The molecule has 2 aromatic heterocycles. The van der Waals surface area contributed by atoms with Gasteiger partial charge >= 0.3 is 0 Å². The number of rotatable bonds is 5. The molecule has 2 amide bonds. The fourth-order valence-electron chi connectivity index (χ4n) is 6.87. The molecule has 1 N–H and O–H groups in total. The fourth-order valence-corrected chi connectivity index (χ4v) is 6.87. The molecule has 4 aliphatic rings. The second-order valence-corrected chi connectivity index (χ2v) is 10.3. The van der Waals surface area contributed by atoms with Crippen LogP contribution in [0.5, 0.6) is 0 Å². The van der Waals surface area contributed by atoms with Crippen molar-refractivity contribution >= 4 is 17.5 Å². The summed E-state index contributed by atoms with van der Waals surface area (Å²) in [7, 11) is 3.48. The van der Waals surface area contributed by atoms with Gasteiger partial charge in [-0.25, -0.2) is 4.98 Å². The van der Waals surface area contributed by atoms with Gasteiger partial charge in [0.05, 0.1) is 12.1 Å². The summed E-state index contributed by atoms with van der Waals surface area (Å²) in [5.41, 5.74) is 2.99. The highest BCUT2D eigenvalue weighted by atomic mass is 16.2. The second kappa shape index (κ2) is 5.61. The zero-order valence-corrected chi connectivity index (χ0v) is 17.1. The van der Waals surface area contributed by atoms with Crippen LogP contribution < -0.4 is 5.32 Å². The zero-order chi connectivity index (χ0) is 20.0. The zero-order valence-electron chi connectivity index (χ0n) is 17.1. The van der Waals surface area contributed by atoms with Crippen LogP contribution in [0.25, 0.3) is 5.65 Å². The van der Waals surface area contributed by atoms with E-state index in [0.717, 1.165) is 24.3 Å². The van der Waals surface area contributed by atoms with Crippen LogP contribution in [-0.2, 0) is 11.2 Å².